The molecular formula is C25H29F3N4O3. The van der Waals surface area contributed by atoms with Crippen molar-refractivity contribution in [3.63, 3.8) is 0 Å². The Balaban J connectivity index is 1.24. The minimum absolute atomic E-state index is 0.155. The molecule has 188 valence electrons. The predicted octanol–water partition coefficient (Wildman–Crippen LogP) is 4.95. The molecular weight excluding hydrogens is 461 g/mol. The first kappa shape index (κ1) is 23.7. The van der Waals surface area contributed by atoms with Gasteiger partial charge in [0.15, 0.2) is 5.69 Å². The fourth-order valence-corrected chi connectivity index (χ4v) is 5.75. The van der Waals surface area contributed by atoms with Gasteiger partial charge in [0.1, 0.15) is 5.60 Å². The SMILES string of the molecule is CC(C)(C)OC(=O)N1Cc2[nH]nc(C(=O)N3C[C@H]4C[C@H](c5ccccc5C(F)(F)F)C[C@H]4C3)c2C1. The molecule has 0 bridgehead atoms. The lowest BCUT2D eigenvalue weighted by Crippen LogP contribution is -2.34. The zero-order valence-corrected chi connectivity index (χ0v) is 20.0. The summed E-state index contributed by atoms with van der Waals surface area (Å²) in [7, 11) is 0. The number of rotatable bonds is 2. The molecule has 0 radical (unpaired) electrons. The van der Waals surface area contributed by atoms with Gasteiger partial charge in [0.2, 0.25) is 0 Å². The van der Waals surface area contributed by atoms with Crippen molar-refractivity contribution in [2.45, 2.75) is 64.4 Å². The van der Waals surface area contributed by atoms with E-state index in [4.69, 9.17) is 4.74 Å². The van der Waals surface area contributed by atoms with Crippen LogP contribution in [0.4, 0.5) is 18.0 Å². The lowest BCUT2D eigenvalue weighted by Gasteiger charge is -2.24. The number of likely N-dealkylation sites (tertiary alicyclic amines) is 1. The number of alkyl halides is 3. The third-order valence-electron chi connectivity index (χ3n) is 7.25. The van der Waals surface area contributed by atoms with Gasteiger partial charge in [-0.2, -0.15) is 18.3 Å². The molecule has 1 saturated heterocycles. The standard InChI is InChI=1S/C25H29F3N4O3/c1-24(2,3)35-23(34)32-12-18-20(13-32)29-30-21(18)22(33)31-10-15-8-14(9-16(15)11-31)17-6-4-5-7-19(17)25(26,27)28/h4-7,14-16H,8-13H2,1-3H3,(H,29,30)/t14-,15+,16-. The van der Waals surface area contributed by atoms with Gasteiger partial charge in [0, 0.05) is 18.7 Å². The van der Waals surface area contributed by atoms with E-state index in [1.807, 2.05) is 0 Å². The quantitative estimate of drug-likeness (QED) is 0.647. The molecule has 2 fully saturated rings. The zero-order valence-electron chi connectivity index (χ0n) is 20.0. The number of ether oxygens (including phenoxy) is 1. The van der Waals surface area contributed by atoms with Crippen LogP contribution in [0, 0.1) is 11.8 Å². The normalized spacial score (nSPS) is 24.0. The Labute approximate surface area is 201 Å². The van der Waals surface area contributed by atoms with Crippen molar-refractivity contribution in [3.05, 3.63) is 52.3 Å². The summed E-state index contributed by atoms with van der Waals surface area (Å²) in [5.74, 6) is -0.0294. The number of fused-ring (bicyclic) bond motifs is 2. The average Bonchev–Trinajstić information content (AvgIpc) is 3.50. The van der Waals surface area contributed by atoms with Crippen LogP contribution < -0.4 is 0 Å². The molecule has 1 aliphatic carbocycles. The number of aromatic nitrogens is 2. The number of amides is 2. The Bertz CT molecular complexity index is 1140. The van der Waals surface area contributed by atoms with Crippen LogP contribution in [0.1, 0.15) is 72.4 Å². The Morgan fingerprint density at radius 3 is 2.31 bits per heavy atom. The van der Waals surface area contributed by atoms with Crippen LogP contribution in [0.25, 0.3) is 0 Å². The van der Waals surface area contributed by atoms with Crippen molar-refractivity contribution in [2.24, 2.45) is 11.8 Å². The first-order valence-electron chi connectivity index (χ1n) is 11.9. The highest BCUT2D eigenvalue weighted by atomic mass is 19.4. The molecule has 2 aromatic rings. The van der Waals surface area contributed by atoms with Crippen LogP contribution in [-0.2, 0) is 24.0 Å². The number of H-pyrrole nitrogens is 1. The molecule has 1 aromatic heterocycles. The van der Waals surface area contributed by atoms with E-state index in [1.165, 1.54) is 11.0 Å². The summed E-state index contributed by atoms with van der Waals surface area (Å²) in [6.45, 7) is 6.96. The van der Waals surface area contributed by atoms with Crippen molar-refractivity contribution < 1.29 is 27.5 Å². The fraction of sp³-hybridized carbons (Fsp3) is 0.560. The largest absolute Gasteiger partial charge is 0.444 e. The highest BCUT2D eigenvalue weighted by Crippen LogP contribution is 2.49. The zero-order chi connectivity index (χ0) is 25.1. The lowest BCUT2D eigenvalue weighted by atomic mass is 9.91. The Hall–Kier alpha value is -3.04. The molecule has 35 heavy (non-hydrogen) atoms. The molecule has 5 rings (SSSR count). The van der Waals surface area contributed by atoms with E-state index in [1.54, 1.807) is 37.8 Å². The Morgan fingerprint density at radius 1 is 1.03 bits per heavy atom. The van der Waals surface area contributed by atoms with Crippen LogP contribution in [0.5, 0.6) is 0 Å². The highest BCUT2D eigenvalue weighted by molar-refractivity contribution is 5.94. The number of nitrogens with zero attached hydrogens (tertiary/aromatic N) is 3. The minimum Gasteiger partial charge on any atom is -0.444 e. The third kappa shape index (κ3) is 4.50. The molecule has 10 heteroatoms. The molecule has 1 N–H and O–H groups in total. The molecule has 3 atom stereocenters. The molecule has 3 heterocycles. The molecule has 2 aliphatic heterocycles. The summed E-state index contributed by atoms with van der Waals surface area (Å²) in [4.78, 5) is 29.0. The Morgan fingerprint density at radius 2 is 1.69 bits per heavy atom. The van der Waals surface area contributed by atoms with Crippen molar-refractivity contribution in [1.29, 1.82) is 0 Å². The van der Waals surface area contributed by atoms with Crippen LogP contribution in [-0.4, -0.2) is 50.7 Å². The summed E-state index contributed by atoms with van der Waals surface area (Å²) in [6, 6.07) is 5.82. The molecule has 1 saturated carbocycles. The summed E-state index contributed by atoms with van der Waals surface area (Å²) in [5, 5.41) is 7.11. The van der Waals surface area contributed by atoms with Gasteiger partial charge in [0.25, 0.3) is 5.91 Å². The molecule has 1 aromatic carbocycles. The Kier molecular flexibility index (Phi) is 5.60. The van der Waals surface area contributed by atoms with Gasteiger partial charge < -0.3 is 9.64 Å². The van der Waals surface area contributed by atoms with Crippen LogP contribution in [0.3, 0.4) is 0 Å². The van der Waals surface area contributed by atoms with Gasteiger partial charge in [-0.05, 0) is 63.0 Å². The topological polar surface area (TPSA) is 78.5 Å². The van der Waals surface area contributed by atoms with E-state index in [0.29, 0.717) is 49.3 Å². The number of hydrogen-bond acceptors (Lipinski definition) is 4. The number of aromatic amines is 1. The first-order valence-corrected chi connectivity index (χ1v) is 11.9. The second-order valence-corrected chi connectivity index (χ2v) is 10.8. The fourth-order valence-electron chi connectivity index (χ4n) is 5.75. The minimum atomic E-state index is -4.37. The second-order valence-electron chi connectivity index (χ2n) is 10.8. The maximum absolute atomic E-state index is 13.5. The van der Waals surface area contributed by atoms with Gasteiger partial charge in [-0.15, -0.1) is 0 Å². The smallest absolute Gasteiger partial charge is 0.416 e. The monoisotopic (exact) mass is 490 g/mol. The molecule has 2 amide bonds. The van der Waals surface area contributed by atoms with E-state index < -0.39 is 23.4 Å². The van der Waals surface area contributed by atoms with Crippen molar-refractivity contribution >= 4 is 12.0 Å². The number of hydrogen-bond donors (Lipinski definition) is 1. The van der Waals surface area contributed by atoms with E-state index in [2.05, 4.69) is 10.2 Å². The number of carbonyl (C=O) groups excluding carboxylic acids is 2. The summed E-state index contributed by atoms with van der Waals surface area (Å²) in [5.41, 5.74) is 0.928. The van der Waals surface area contributed by atoms with Gasteiger partial charge in [0.05, 0.1) is 24.3 Å². The summed E-state index contributed by atoms with van der Waals surface area (Å²) >= 11 is 0. The highest BCUT2D eigenvalue weighted by Gasteiger charge is 2.46. The van der Waals surface area contributed by atoms with E-state index in [-0.39, 0.29) is 30.2 Å². The maximum atomic E-state index is 13.5. The van der Waals surface area contributed by atoms with Crippen LogP contribution in [0.2, 0.25) is 0 Å². The van der Waals surface area contributed by atoms with Crippen LogP contribution >= 0.6 is 0 Å². The molecule has 0 unspecified atom stereocenters. The van der Waals surface area contributed by atoms with E-state index >= 15 is 0 Å². The number of carbonyl (C=O) groups is 2. The van der Waals surface area contributed by atoms with Gasteiger partial charge >= 0.3 is 12.3 Å². The summed E-state index contributed by atoms with van der Waals surface area (Å²) < 4.78 is 45.9. The van der Waals surface area contributed by atoms with Gasteiger partial charge in [-0.3, -0.25) is 14.8 Å². The lowest BCUT2D eigenvalue weighted by molar-refractivity contribution is -0.138. The third-order valence-corrected chi connectivity index (χ3v) is 7.25. The predicted molar refractivity (Wildman–Crippen MR) is 120 cm³/mol. The second kappa shape index (κ2) is 8.27. The van der Waals surface area contributed by atoms with E-state index in [0.717, 1.165) is 11.8 Å². The van der Waals surface area contributed by atoms with Crippen molar-refractivity contribution in [1.82, 2.24) is 20.0 Å². The number of halogens is 3. The number of nitrogens with one attached hydrogen (secondary N) is 1. The molecule has 3 aliphatic rings. The average molecular weight is 491 g/mol. The number of benzene rings is 1. The maximum Gasteiger partial charge on any atom is 0.416 e. The van der Waals surface area contributed by atoms with Crippen molar-refractivity contribution in [2.75, 3.05) is 13.1 Å². The van der Waals surface area contributed by atoms with Crippen molar-refractivity contribution in [3.8, 4) is 0 Å². The van der Waals surface area contributed by atoms with Crippen LogP contribution in [0.15, 0.2) is 24.3 Å². The van der Waals surface area contributed by atoms with E-state index in [9.17, 15) is 22.8 Å². The molecule has 7 nitrogen and oxygen atoms in total. The molecule has 0 spiro atoms. The van der Waals surface area contributed by atoms with Gasteiger partial charge in [-0.25, -0.2) is 4.79 Å². The first-order chi connectivity index (χ1) is 16.4. The summed E-state index contributed by atoms with van der Waals surface area (Å²) in [6.07, 6.45) is -3.55. The van der Waals surface area contributed by atoms with Gasteiger partial charge in [-0.1, -0.05) is 18.2 Å².